The third-order valence-electron chi connectivity index (χ3n) is 4.10. The minimum atomic E-state index is -0.606. The van der Waals surface area contributed by atoms with Crippen LogP contribution in [-0.2, 0) is 27.4 Å². The molecule has 0 atom stereocenters. The van der Waals surface area contributed by atoms with Gasteiger partial charge in [0.15, 0.2) is 11.3 Å². The van der Waals surface area contributed by atoms with Gasteiger partial charge in [0.25, 0.3) is 5.91 Å². The fourth-order valence-corrected chi connectivity index (χ4v) is 3.00. The van der Waals surface area contributed by atoms with E-state index in [4.69, 9.17) is 9.15 Å². The van der Waals surface area contributed by atoms with Crippen LogP contribution in [0.15, 0.2) is 88.0 Å². The highest BCUT2D eigenvalue weighted by atomic mass is 79.9. The first-order valence-corrected chi connectivity index (χ1v) is 9.85. The van der Waals surface area contributed by atoms with E-state index in [9.17, 15) is 9.59 Å². The van der Waals surface area contributed by atoms with Crippen molar-refractivity contribution in [1.29, 1.82) is 0 Å². The number of furan rings is 1. The molecule has 0 aliphatic heterocycles. The number of carbonyl (C=O) groups excluding carboxylic acids is 2. The largest absolute Gasteiger partial charge is 0.452 e. The van der Waals surface area contributed by atoms with Gasteiger partial charge in [0.05, 0.1) is 0 Å². The predicted molar refractivity (Wildman–Crippen MR) is 114 cm³/mol. The van der Waals surface area contributed by atoms with Gasteiger partial charge < -0.3 is 14.1 Å². The number of amides is 1. The number of carbonyl (C=O) groups is 2. The molecule has 29 heavy (non-hydrogen) atoms. The smallest absolute Gasteiger partial charge is 0.331 e. The summed E-state index contributed by atoms with van der Waals surface area (Å²) in [6, 6.07) is 22.8. The number of hydrogen-bond donors (Lipinski definition) is 0. The number of halogens is 1. The van der Waals surface area contributed by atoms with E-state index in [1.165, 1.54) is 12.2 Å². The van der Waals surface area contributed by atoms with Crippen LogP contribution in [0.5, 0.6) is 0 Å². The fraction of sp³-hybridized carbons (Fsp3) is 0.130. The minimum absolute atomic E-state index is 0.264. The second-order valence-corrected chi connectivity index (χ2v) is 7.09. The molecule has 3 aromatic rings. The maximum atomic E-state index is 12.7. The Labute approximate surface area is 177 Å². The van der Waals surface area contributed by atoms with Crippen molar-refractivity contribution >= 4 is 33.9 Å². The van der Waals surface area contributed by atoms with Gasteiger partial charge in [0.2, 0.25) is 0 Å². The maximum Gasteiger partial charge on any atom is 0.331 e. The summed E-state index contributed by atoms with van der Waals surface area (Å²) < 4.78 is 11.0. The monoisotopic (exact) mass is 453 g/mol. The highest BCUT2D eigenvalue weighted by Crippen LogP contribution is 2.15. The zero-order chi connectivity index (χ0) is 20.5. The minimum Gasteiger partial charge on any atom is -0.452 e. The summed E-state index contributed by atoms with van der Waals surface area (Å²) >= 11 is 3.19. The van der Waals surface area contributed by atoms with Crippen molar-refractivity contribution in [2.45, 2.75) is 13.1 Å². The quantitative estimate of drug-likeness (QED) is 0.362. The van der Waals surface area contributed by atoms with Gasteiger partial charge in [-0.2, -0.15) is 0 Å². The first kappa shape index (κ1) is 20.6. The lowest BCUT2D eigenvalue weighted by Crippen LogP contribution is -2.33. The number of esters is 1. The lowest BCUT2D eigenvalue weighted by atomic mass is 10.1. The molecular weight excluding hydrogens is 434 g/mol. The summed E-state index contributed by atoms with van der Waals surface area (Å²) in [6.07, 6.45) is 2.72. The van der Waals surface area contributed by atoms with Gasteiger partial charge in [-0.1, -0.05) is 60.7 Å². The van der Waals surface area contributed by atoms with E-state index >= 15 is 0 Å². The van der Waals surface area contributed by atoms with E-state index in [0.29, 0.717) is 23.5 Å². The second-order valence-electron chi connectivity index (χ2n) is 6.30. The Morgan fingerprint density at radius 3 is 2.00 bits per heavy atom. The van der Waals surface area contributed by atoms with Crippen molar-refractivity contribution in [3.05, 3.63) is 100 Å². The molecule has 0 radical (unpaired) electrons. The number of nitrogens with zero attached hydrogens (tertiary/aromatic N) is 1. The van der Waals surface area contributed by atoms with Crippen LogP contribution in [0.4, 0.5) is 0 Å². The average molecular weight is 454 g/mol. The molecule has 0 N–H and O–H groups in total. The Kier molecular flexibility index (Phi) is 7.41. The molecule has 1 heterocycles. The molecule has 3 rings (SSSR count). The number of hydrogen-bond acceptors (Lipinski definition) is 4. The zero-order valence-corrected chi connectivity index (χ0v) is 17.2. The lowest BCUT2D eigenvalue weighted by Gasteiger charge is -2.23. The van der Waals surface area contributed by atoms with Crippen LogP contribution in [0.1, 0.15) is 16.9 Å². The number of ether oxygens (including phenoxy) is 1. The van der Waals surface area contributed by atoms with E-state index in [1.807, 2.05) is 60.7 Å². The third-order valence-corrected chi connectivity index (χ3v) is 4.53. The third kappa shape index (κ3) is 6.76. The molecule has 0 unspecified atom stereocenters. The molecule has 0 saturated carbocycles. The number of benzene rings is 2. The molecule has 0 fully saturated rings. The summed E-state index contributed by atoms with van der Waals surface area (Å²) in [4.78, 5) is 26.3. The second kappa shape index (κ2) is 10.4. The van der Waals surface area contributed by atoms with Gasteiger partial charge in [-0.05, 0) is 45.3 Å². The van der Waals surface area contributed by atoms with Crippen molar-refractivity contribution in [1.82, 2.24) is 4.90 Å². The molecule has 0 saturated heterocycles. The molecular formula is C23H20BrNO4. The van der Waals surface area contributed by atoms with Gasteiger partial charge in [0, 0.05) is 19.2 Å². The van der Waals surface area contributed by atoms with Gasteiger partial charge in [-0.25, -0.2) is 4.79 Å². The molecule has 0 bridgehead atoms. The Bertz CT molecular complexity index is 925. The molecule has 0 spiro atoms. The molecule has 1 amide bonds. The topological polar surface area (TPSA) is 59.8 Å². The summed E-state index contributed by atoms with van der Waals surface area (Å²) in [5, 5.41) is 0. The molecule has 0 aliphatic rings. The molecule has 1 aromatic heterocycles. The van der Waals surface area contributed by atoms with Gasteiger partial charge >= 0.3 is 5.97 Å². The summed E-state index contributed by atoms with van der Waals surface area (Å²) in [7, 11) is 0. The Balaban J connectivity index is 1.60. The Hall–Kier alpha value is -3.12. The van der Waals surface area contributed by atoms with Gasteiger partial charge in [0.1, 0.15) is 5.76 Å². The average Bonchev–Trinajstić information content (AvgIpc) is 3.16. The Morgan fingerprint density at radius 1 is 0.897 bits per heavy atom. The zero-order valence-electron chi connectivity index (χ0n) is 15.7. The Morgan fingerprint density at radius 2 is 1.48 bits per heavy atom. The highest BCUT2D eigenvalue weighted by molar-refractivity contribution is 9.10. The van der Waals surface area contributed by atoms with Crippen molar-refractivity contribution in [3.63, 3.8) is 0 Å². The molecule has 5 nitrogen and oxygen atoms in total. The van der Waals surface area contributed by atoms with E-state index in [-0.39, 0.29) is 12.5 Å². The van der Waals surface area contributed by atoms with E-state index in [2.05, 4.69) is 15.9 Å². The summed E-state index contributed by atoms with van der Waals surface area (Å²) in [5.41, 5.74) is 2.01. The van der Waals surface area contributed by atoms with Crippen LogP contribution in [0.25, 0.3) is 6.08 Å². The maximum absolute atomic E-state index is 12.7. The normalized spacial score (nSPS) is 10.8. The van der Waals surface area contributed by atoms with E-state index in [1.54, 1.807) is 17.0 Å². The van der Waals surface area contributed by atoms with Crippen molar-refractivity contribution in [2.24, 2.45) is 0 Å². The van der Waals surface area contributed by atoms with E-state index in [0.717, 1.165) is 11.1 Å². The summed E-state index contributed by atoms with van der Waals surface area (Å²) in [5.74, 6) is -0.361. The van der Waals surface area contributed by atoms with Crippen LogP contribution >= 0.6 is 15.9 Å². The molecule has 2 aromatic carbocycles. The molecule has 6 heteroatoms. The van der Waals surface area contributed by atoms with E-state index < -0.39 is 5.97 Å². The van der Waals surface area contributed by atoms with Crippen LogP contribution in [0.2, 0.25) is 0 Å². The van der Waals surface area contributed by atoms with Crippen LogP contribution in [0.3, 0.4) is 0 Å². The molecule has 0 aliphatic carbocycles. The summed E-state index contributed by atoms with van der Waals surface area (Å²) in [6.45, 7) is 0.537. The lowest BCUT2D eigenvalue weighted by molar-refractivity contribution is -0.148. The van der Waals surface area contributed by atoms with Crippen molar-refractivity contribution in [3.8, 4) is 0 Å². The van der Waals surface area contributed by atoms with Gasteiger partial charge in [-0.15, -0.1) is 0 Å². The van der Waals surface area contributed by atoms with Crippen LogP contribution in [0, 0.1) is 0 Å². The first-order valence-electron chi connectivity index (χ1n) is 9.06. The van der Waals surface area contributed by atoms with Crippen LogP contribution in [-0.4, -0.2) is 23.4 Å². The molecule has 148 valence electrons. The van der Waals surface area contributed by atoms with Crippen LogP contribution < -0.4 is 0 Å². The SMILES string of the molecule is O=C(C=Cc1ccc(Br)o1)OCC(=O)N(Cc1ccccc1)Cc1ccccc1. The fourth-order valence-electron chi connectivity index (χ4n) is 2.68. The van der Waals surface area contributed by atoms with Gasteiger partial charge in [-0.3, -0.25) is 4.79 Å². The van der Waals surface area contributed by atoms with Crippen molar-refractivity contribution in [2.75, 3.05) is 6.61 Å². The number of rotatable bonds is 8. The highest BCUT2D eigenvalue weighted by Gasteiger charge is 2.16. The standard InChI is InChI=1S/C23H20BrNO4/c24-21-13-11-20(29-21)12-14-23(27)28-17-22(26)25(15-18-7-3-1-4-8-18)16-19-9-5-2-6-10-19/h1-14H,15-17H2. The predicted octanol–water partition coefficient (Wildman–Crippen LogP) is 4.83. The first-order chi connectivity index (χ1) is 14.1. The van der Waals surface area contributed by atoms with Crippen molar-refractivity contribution < 1.29 is 18.7 Å².